The Kier molecular flexibility index (Phi) is 9.76. The van der Waals surface area contributed by atoms with E-state index in [0.717, 1.165) is 38.5 Å². The number of carbonyl (C=O) groups excluding carboxylic acids is 1. The standard InChI is InChI=1S/C12H21O4/c1-2-16-12(15)10-8-6-4-3-5-7-9-11(13)14/h1-10H2,(H,13,14). The zero-order valence-electron chi connectivity index (χ0n) is 9.74. The van der Waals surface area contributed by atoms with Crippen LogP contribution >= 0.6 is 0 Å². The summed E-state index contributed by atoms with van der Waals surface area (Å²) in [7, 11) is 0. The monoisotopic (exact) mass is 229 g/mol. The first-order chi connectivity index (χ1) is 7.66. The molecule has 0 saturated heterocycles. The normalized spacial score (nSPS) is 10.1. The van der Waals surface area contributed by atoms with Crippen molar-refractivity contribution in [3.63, 3.8) is 0 Å². The van der Waals surface area contributed by atoms with Crippen LogP contribution in [0.15, 0.2) is 0 Å². The Morgan fingerprint density at radius 2 is 1.44 bits per heavy atom. The number of carboxylic acid groups (broad SMARTS) is 1. The Labute approximate surface area is 97.0 Å². The molecule has 0 fully saturated rings. The first kappa shape index (κ1) is 14.9. The summed E-state index contributed by atoms with van der Waals surface area (Å²) in [5.41, 5.74) is 0. The lowest BCUT2D eigenvalue weighted by Gasteiger charge is -2.01. The summed E-state index contributed by atoms with van der Waals surface area (Å²) < 4.78 is 4.70. The number of rotatable bonds is 10. The Morgan fingerprint density at radius 3 is 1.94 bits per heavy atom. The van der Waals surface area contributed by atoms with Gasteiger partial charge in [0.2, 0.25) is 0 Å². The van der Waals surface area contributed by atoms with E-state index in [0.29, 0.717) is 6.42 Å². The highest BCUT2D eigenvalue weighted by atomic mass is 16.5. The van der Waals surface area contributed by atoms with Crippen LogP contribution in [0.4, 0.5) is 0 Å². The van der Waals surface area contributed by atoms with Gasteiger partial charge >= 0.3 is 11.9 Å². The van der Waals surface area contributed by atoms with Gasteiger partial charge in [-0.2, -0.15) is 0 Å². The fraction of sp³-hybridized carbons (Fsp3) is 0.750. The highest BCUT2D eigenvalue weighted by Gasteiger charge is 2.01. The van der Waals surface area contributed by atoms with Gasteiger partial charge in [0.1, 0.15) is 0 Å². The second-order valence-corrected chi connectivity index (χ2v) is 3.74. The number of carboxylic acids is 1. The lowest BCUT2D eigenvalue weighted by atomic mass is 10.1. The predicted octanol–water partition coefficient (Wildman–Crippen LogP) is 2.57. The van der Waals surface area contributed by atoms with E-state index < -0.39 is 5.97 Å². The van der Waals surface area contributed by atoms with Gasteiger partial charge in [0.05, 0.1) is 6.61 Å². The summed E-state index contributed by atoms with van der Waals surface area (Å²) >= 11 is 0. The van der Waals surface area contributed by atoms with Crippen LogP contribution in [-0.4, -0.2) is 23.7 Å². The van der Waals surface area contributed by atoms with Gasteiger partial charge in [-0.25, -0.2) is 0 Å². The van der Waals surface area contributed by atoms with E-state index in [1.54, 1.807) is 0 Å². The first-order valence-electron chi connectivity index (χ1n) is 5.83. The van der Waals surface area contributed by atoms with Gasteiger partial charge in [-0.05, 0) is 19.8 Å². The lowest BCUT2D eigenvalue weighted by Crippen LogP contribution is -2.03. The molecule has 0 aliphatic heterocycles. The average molecular weight is 229 g/mol. The van der Waals surface area contributed by atoms with Gasteiger partial charge < -0.3 is 9.84 Å². The summed E-state index contributed by atoms with van der Waals surface area (Å²) in [5, 5.41) is 8.41. The molecule has 93 valence electrons. The largest absolute Gasteiger partial charge is 0.481 e. The SMILES string of the molecule is [CH2]COC(=O)CCCCCCCCC(=O)O. The number of hydrogen-bond donors (Lipinski definition) is 1. The third kappa shape index (κ3) is 11.0. The van der Waals surface area contributed by atoms with Crippen molar-refractivity contribution in [1.29, 1.82) is 0 Å². The average Bonchev–Trinajstić information content (AvgIpc) is 2.22. The van der Waals surface area contributed by atoms with Gasteiger partial charge in [0, 0.05) is 12.8 Å². The third-order valence-electron chi connectivity index (χ3n) is 2.28. The van der Waals surface area contributed by atoms with Crippen molar-refractivity contribution in [1.82, 2.24) is 0 Å². The molecule has 4 heteroatoms. The molecule has 0 aromatic heterocycles. The molecule has 1 N–H and O–H groups in total. The van der Waals surface area contributed by atoms with Crippen LogP contribution in [0.3, 0.4) is 0 Å². The van der Waals surface area contributed by atoms with Crippen molar-refractivity contribution in [3.8, 4) is 0 Å². The number of unbranched alkanes of at least 4 members (excludes halogenated alkanes) is 5. The highest BCUT2D eigenvalue weighted by Crippen LogP contribution is 2.08. The minimum absolute atomic E-state index is 0.180. The number of ether oxygens (including phenoxy) is 1. The quantitative estimate of drug-likeness (QED) is 0.462. The van der Waals surface area contributed by atoms with Crippen molar-refractivity contribution >= 4 is 11.9 Å². The zero-order chi connectivity index (χ0) is 12.2. The maximum atomic E-state index is 10.9. The van der Waals surface area contributed by atoms with Gasteiger partial charge in [-0.3, -0.25) is 9.59 Å². The molecule has 0 amide bonds. The highest BCUT2D eigenvalue weighted by molar-refractivity contribution is 5.69. The molecule has 0 spiro atoms. The number of hydrogen-bond acceptors (Lipinski definition) is 3. The lowest BCUT2D eigenvalue weighted by molar-refractivity contribution is -0.142. The molecule has 4 nitrogen and oxygen atoms in total. The first-order valence-corrected chi connectivity index (χ1v) is 5.83. The maximum Gasteiger partial charge on any atom is 0.305 e. The smallest absolute Gasteiger partial charge is 0.305 e. The van der Waals surface area contributed by atoms with Crippen molar-refractivity contribution < 1.29 is 19.4 Å². The summed E-state index contributed by atoms with van der Waals surface area (Å²) in [6.45, 7) is 3.63. The summed E-state index contributed by atoms with van der Waals surface area (Å²) in [5.74, 6) is -0.906. The zero-order valence-corrected chi connectivity index (χ0v) is 9.74. The van der Waals surface area contributed by atoms with Crippen LogP contribution in [0.1, 0.15) is 51.4 Å². The Hall–Kier alpha value is -1.06. The maximum absolute atomic E-state index is 10.9. The third-order valence-corrected chi connectivity index (χ3v) is 2.28. The fourth-order valence-corrected chi connectivity index (χ4v) is 1.44. The molecule has 0 aliphatic rings. The minimum atomic E-state index is -0.726. The van der Waals surface area contributed by atoms with E-state index in [4.69, 9.17) is 9.84 Å². The molecule has 0 saturated carbocycles. The summed E-state index contributed by atoms with van der Waals surface area (Å²) in [6.07, 6.45) is 6.36. The molecule has 0 rings (SSSR count). The molecular formula is C12H21O4. The van der Waals surface area contributed by atoms with Gasteiger partial charge in [-0.1, -0.05) is 25.7 Å². The molecule has 0 aromatic carbocycles. The van der Waals surface area contributed by atoms with Gasteiger partial charge in [-0.15, -0.1) is 0 Å². The molecule has 0 heterocycles. The van der Waals surface area contributed by atoms with Gasteiger partial charge in [0.15, 0.2) is 0 Å². The van der Waals surface area contributed by atoms with Crippen molar-refractivity contribution in [2.24, 2.45) is 0 Å². The minimum Gasteiger partial charge on any atom is -0.481 e. The van der Waals surface area contributed by atoms with E-state index in [2.05, 4.69) is 6.92 Å². The molecule has 0 aliphatic carbocycles. The predicted molar refractivity (Wildman–Crippen MR) is 60.9 cm³/mol. The van der Waals surface area contributed by atoms with Crippen LogP contribution in [0.2, 0.25) is 0 Å². The van der Waals surface area contributed by atoms with Crippen molar-refractivity contribution in [3.05, 3.63) is 6.92 Å². The fourth-order valence-electron chi connectivity index (χ4n) is 1.44. The van der Waals surface area contributed by atoms with Crippen molar-refractivity contribution in [2.45, 2.75) is 51.4 Å². The van der Waals surface area contributed by atoms with Crippen LogP contribution in [0, 0.1) is 6.92 Å². The van der Waals surface area contributed by atoms with Crippen molar-refractivity contribution in [2.75, 3.05) is 6.61 Å². The Balaban J connectivity index is 3.09. The van der Waals surface area contributed by atoms with Crippen LogP contribution in [-0.2, 0) is 14.3 Å². The second kappa shape index (κ2) is 10.5. The van der Waals surface area contributed by atoms with E-state index in [1.807, 2.05) is 0 Å². The van der Waals surface area contributed by atoms with Crippen LogP contribution < -0.4 is 0 Å². The molecule has 1 radical (unpaired) electrons. The molecule has 0 bridgehead atoms. The van der Waals surface area contributed by atoms with E-state index in [-0.39, 0.29) is 19.0 Å². The molecule has 16 heavy (non-hydrogen) atoms. The van der Waals surface area contributed by atoms with Gasteiger partial charge in [0.25, 0.3) is 0 Å². The Bertz CT molecular complexity index is 201. The number of aliphatic carboxylic acids is 1. The van der Waals surface area contributed by atoms with E-state index in [9.17, 15) is 9.59 Å². The molecule has 0 aromatic rings. The van der Waals surface area contributed by atoms with E-state index >= 15 is 0 Å². The topological polar surface area (TPSA) is 63.6 Å². The van der Waals surface area contributed by atoms with E-state index in [1.165, 1.54) is 0 Å². The summed E-state index contributed by atoms with van der Waals surface area (Å²) in [4.78, 5) is 21.1. The number of carbonyl (C=O) groups is 2. The number of esters is 1. The van der Waals surface area contributed by atoms with Crippen LogP contribution in [0.5, 0.6) is 0 Å². The Morgan fingerprint density at radius 1 is 0.938 bits per heavy atom. The summed E-state index contributed by atoms with van der Waals surface area (Å²) in [6, 6.07) is 0. The molecular weight excluding hydrogens is 208 g/mol. The van der Waals surface area contributed by atoms with Crippen LogP contribution in [0.25, 0.3) is 0 Å². The molecule has 0 unspecified atom stereocenters. The second-order valence-electron chi connectivity index (χ2n) is 3.74. The molecule has 0 atom stereocenters.